The summed E-state index contributed by atoms with van der Waals surface area (Å²) in [6.45, 7) is 0. The topological polar surface area (TPSA) is 90.6 Å². The highest BCUT2D eigenvalue weighted by atomic mass is 16.5. The molecular formula is C18H18N2O4. The molecule has 6 heteroatoms. The molecular weight excluding hydrogens is 308 g/mol. The van der Waals surface area contributed by atoms with Crippen LogP contribution >= 0.6 is 0 Å². The van der Waals surface area contributed by atoms with Crippen LogP contribution in [0.15, 0.2) is 48.5 Å². The van der Waals surface area contributed by atoms with Crippen molar-refractivity contribution in [1.29, 1.82) is 0 Å². The molecule has 0 saturated carbocycles. The maximum absolute atomic E-state index is 12.0. The van der Waals surface area contributed by atoms with Gasteiger partial charge in [-0.25, -0.2) is 0 Å². The van der Waals surface area contributed by atoms with E-state index in [1.54, 1.807) is 62.8 Å². The highest BCUT2D eigenvalue weighted by molar-refractivity contribution is 6.07. The standard InChI is InChI=1S/C18H18N2O4/c1-23-15-9-7-12(11-16(15)24-2)8-10-17(21)20-14-6-4-3-5-13(14)18(19)22/h3-11H,1-2H3,(H2,19,22)(H,20,21)/b10-8+. The number of methoxy groups -OCH3 is 2. The fourth-order valence-corrected chi connectivity index (χ4v) is 2.11. The minimum Gasteiger partial charge on any atom is -0.493 e. The van der Waals surface area contributed by atoms with Crippen LogP contribution in [0.5, 0.6) is 11.5 Å². The molecule has 6 nitrogen and oxygen atoms in total. The molecule has 24 heavy (non-hydrogen) atoms. The summed E-state index contributed by atoms with van der Waals surface area (Å²) in [7, 11) is 3.09. The Balaban J connectivity index is 2.13. The smallest absolute Gasteiger partial charge is 0.250 e. The monoisotopic (exact) mass is 326 g/mol. The van der Waals surface area contributed by atoms with Gasteiger partial charge in [-0.2, -0.15) is 0 Å². The fourth-order valence-electron chi connectivity index (χ4n) is 2.11. The van der Waals surface area contributed by atoms with E-state index in [0.717, 1.165) is 5.56 Å². The van der Waals surface area contributed by atoms with E-state index in [4.69, 9.17) is 15.2 Å². The van der Waals surface area contributed by atoms with Gasteiger partial charge in [-0.05, 0) is 35.9 Å². The summed E-state index contributed by atoms with van der Waals surface area (Å²) in [5, 5.41) is 2.63. The Kier molecular flexibility index (Phi) is 5.57. The summed E-state index contributed by atoms with van der Waals surface area (Å²) in [5.74, 6) is 0.196. The van der Waals surface area contributed by atoms with Crippen molar-refractivity contribution in [3.8, 4) is 11.5 Å². The van der Waals surface area contributed by atoms with Gasteiger partial charge in [0.05, 0.1) is 25.5 Å². The van der Waals surface area contributed by atoms with Crippen molar-refractivity contribution in [1.82, 2.24) is 0 Å². The molecule has 0 saturated heterocycles. The number of primary amides is 1. The molecule has 0 radical (unpaired) electrons. The molecule has 2 rings (SSSR count). The van der Waals surface area contributed by atoms with Gasteiger partial charge in [0.1, 0.15) is 0 Å². The van der Waals surface area contributed by atoms with Gasteiger partial charge in [-0.15, -0.1) is 0 Å². The number of para-hydroxylation sites is 1. The Bertz CT molecular complexity index is 784. The van der Waals surface area contributed by atoms with Gasteiger partial charge in [0, 0.05) is 6.08 Å². The fraction of sp³-hybridized carbons (Fsp3) is 0.111. The number of carbonyl (C=O) groups excluding carboxylic acids is 2. The minimum atomic E-state index is -0.602. The van der Waals surface area contributed by atoms with Crippen molar-refractivity contribution in [3.05, 3.63) is 59.7 Å². The Morgan fingerprint density at radius 1 is 1.04 bits per heavy atom. The number of rotatable bonds is 6. The zero-order valence-corrected chi connectivity index (χ0v) is 13.4. The normalized spacial score (nSPS) is 10.4. The van der Waals surface area contributed by atoms with Gasteiger partial charge >= 0.3 is 0 Å². The van der Waals surface area contributed by atoms with E-state index in [0.29, 0.717) is 17.2 Å². The number of nitrogens with one attached hydrogen (secondary N) is 1. The molecule has 0 aliphatic carbocycles. The second-order valence-electron chi connectivity index (χ2n) is 4.85. The van der Waals surface area contributed by atoms with E-state index in [1.165, 1.54) is 6.08 Å². The highest BCUT2D eigenvalue weighted by Crippen LogP contribution is 2.28. The molecule has 2 aromatic rings. The van der Waals surface area contributed by atoms with Crippen LogP contribution in [0.3, 0.4) is 0 Å². The summed E-state index contributed by atoms with van der Waals surface area (Å²) < 4.78 is 10.4. The molecule has 0 atom stereocenters. The van der Waals surface area contributed by atoms with Crippen LogP contribution in [0.2, 0.25) is 0 Å². The lowest BCUT2D eigenvalue weighted by atomic mass is 10.1. The first-order valence-corrected chi connectivity index (χ1v) is 7.15. The summed E-state index contributed by atoms with van der Waals surface area (Å²) in [6, 6.07) is 11.8. The molecule has 124 valence electrons. The van der Waals surface area contributed by atoms with Crippen LogP contribution in [0, 0.1) is 0 Å². The quantitative estimate of drug-likeness (QED) is 0.798. The van der Waals surface area contributed by atoms with E-state index in [2.05, 4.69) is 5.32 Å². The average molecular weight is 326 g/mol. The molecule has 0 aliphatic heterocycles. The summed E-state index contributed by atoms with van der Waals surface area (Å²) >= 11 is 0. The molecule has 0 unspecified atom stereocenters. The Hall–Kier alpha value is -3.28. The van der Waals surface area contributed by atoms with Crippen molar-refractivity contribution < 1.29 is 19.1 Å². The summed E-state index contributed by atoms with van der Waals surface area (Å²) in [5.41, 5.74) is 6.67. The number of amides is 2. The van der Waals surface area contributed by atoms with Crippen LogP contribution in [0.4, 0.5) is 5.69 Å². The third-order valence-electron chi connectivity index (χ3n) is 3.29. The second-order valence-corrected chi connectivity index (χ2v) is 4.85. The van der Waals surface area contributed by atoms with E-state index < -0.39 is 5.91 Å². The average Bonchev–Trinajstić information content (AvgIpc) is 2.59. The Morgan fingerprint density at radius 3 is 2.42 bits per heavy atom. The number of ether oxygens (including phenoxy) is 2. The molecule has 0 aromatic heterocycles. The lowest BCUT2D eigenvalue weighted by Gasteiger charge is -2.08. The minimum absolute atomic E-state index is 0.255. The van der Waals surface area contributed by atoms with Crippen molar-refractivity contribution in [2.45, 2.75) is 0 Å². The second kappa shape index (κ2) is 7.82. The van der Waals surface area contributed by atoms with Crippen LogP contribution in [0.1, 0.15) is 15.9 Å². The molecule has 2 aromatic carbocycles. The number of hydrogen-bond acceptors (Lipinski definition) is 4. The van der Waals surface area contributed by atoms with Crippen molar-refractivity contribution >= 4 is 23.6 Å². The van der Waals surface area contributed by atoms with Crippen molar-refractivity contribution in [2.24, 2.45) is 5.73 Å². The number of anilines is 1. The highest BCUT2D eigenvalue weighted by Gasteiger charge is 2.08. The van der Waals surface area contributed by atoms with Gasteiger partial charge in [0.15, 0.2) is 11.5 Å². The zero-order valence-electron chi connectivity index (χ0n) is 13.4. The van der Waals surface area contributed by atoms with E-state index in [-0.39, 0.29) is 11.5 Å². The van der Waals surface area contributed by atoms with Gasteiger partial charge < -0.3 is 20.5 Å². The van der Waals surface area contributed by atoms with Crippen LogP contribution < -0.4 is 20.5 Å². The molecule has 0 heterocycles. The lowest BCUT2D eigenvalue weighted by Crippen LogP contribution is -2.16. The molecule has 0 aliphatic rings. The first kappa shape index (κ1) is 17.1. The Labute approximate surface area is 139 Å². The SMILES string of the molecule is COc1ccc(/C=C/C(=O)Nc2ccccc2C(N)=O)cc1OC. The molecule has 0 fully saturated rings. The zero-order chi connectivity index (χ0) is 17.5. The maximum atomic E-state index is 12.0. The number of nitrogens with two attached hydrogens (primary N) is 1. The molecule has 0 spiro atoms. The molecule has 0 bridgehead atoms. The predicted molar refractivity (Wildman–Crippen MR) is 92.2 cm³/mol. The number of benzene rings is 2. The van der Waals surface area contributed by atoms with Crippen molar-refractivity contribution in [3.63, 3.8) is 0 Å². The Morgan fingerprint density at radius 2 is 1.75 bits per heavy atom. The lowest BCUT2D eigenvalue weighted by molar-refractivity contribution is -0.111. The van der Waals surface area contributed by atoms with Gasteiger partial charge in [-0.3, -0.25) is 9.59 Å². The van der Waals surface area contributed by atoms with Crippen LogP contribution in [0.25, 0.3) is 6.08 Å². The third-order valence-corrected chi connectivity index (χ3v) is 3.29. The van der Waals surface area contributed by atoms with Gasteiger partial charge in [-0.1, -0.05) is 18.2 Å². The third kappa shape index (κ3) is 4.13. The molecule has 2 amide bonds. The van der Waals surface area contributed by atoms with Gasteiger partial charge in [0.25, 0.3) is 5.91 Å². The largest absolute Gasteiger partial charge is 0.493 e. The first-order valence-electron chi connectivity index (χ1n) is 7.15. The number of hydrogen-bond donors (Lipinski definition) is 2. The summed E-state index contributed by atoms with van der Waals surface area (Å²) in [4.78, 5) is 23.4. The molecule has 3 N–H and O–H groups in total. The summed E-state index contributed by atoms with van der Waals surface area (Å²) in [6.07, 6.45) is 2.99. The van der Waals surface area contributed by atoms with Gasteiger partial charge in [0.2, 0.25) is 5.91 Å². The number of carbonyl (C=O) groups is 2. The van der Waals surface area contributed by atoms with Crippen LogP contribution in [-0.2, 0) is 4.79 Å². The van der Waals surface area contributed by atoms with E-state index in [9.17, 15) is 9.59 Å². The predicted octanol–water partition coefficient (Wildman–Crippen LogP) is 2.45. The van der Waals surface area contributed by atoms with E-state index in [1.807, 2.05) is 0 Å². The van der Waals surface area contributed by atoms with Crippen LogP contribution in [-0.4, -0.2) is 26.0 Å². The van der Waals surface area contributed by atoms with Crippen molar-refractivity contribution in [2.75, 3.05) is 19.5 Å². The first-order chi connectivity index (χ1) is 11.5. The maximum Gasteiger partial charge on any atom is 0.250 e. The van der Waals surface area contributed by atoms with E-state index >= 15 is 0 Å².